The van der Waals surface area contributed by atoms with Crippen LogP contribution < -0.4 is 20.9 Å². The Bertz CT molecular complexity index is 817. The monoisotopic (exact) mass is 384 g/mol. The van der Waals surface area contributed by atoms with E-state index in [0.29, 0.717) is 9.75 Å². The number of nitrogens with one attached hydrogen (secondary N) is 1. The van der Waals surface area contributed by atoms with Gasteiger partial charge in [-0.2, -0.15) is 0 Å². The van der Waals surface area contributed by atoms with Crippen LogP contribution in [0.4, 0.5) is 17.1 Å². The zero-order chi connectivity index (χ0) is 18.8. The number of primary amides is 1. The van der Waals surface area contributed by atoms with Crippen molar-refractivity contribution in [3.8, 4) is 0 Å². The summed E-state index contributed by atoms with van der Waals surface area (Å²) in [5, 5.41) is 3.14. The number of thiophene rings is 1. The SMILES string of the molecule is NC(=O)c1ccc(C(=O)Nc2c(N3CCCC3)cccc2N2CCCC2)s1. The fraction of sp³-hybridized carbons (Fsp3) is 0.400. The summed E-state index contributed by atoms with van der Waals surface area (Å²) in [5.74, 6) is -0.700. The third-order valence-electron chi connectivity index (χ3n) is 5.23. The lowest BCUT2D eigenvalue weighted by Crippen LogP contribution is -2.25. The van der Waals surface area contributed by atoms with Gasteiger partial charge < -0.3 is 20.9 Å². The fourth-order valence-electron chi connectivity index (χ4n) is 3.87. The maximum atomic E-state index is 12.9. The standard InChI is InChI=1S/C20H24N4O2S/c21-19(25)16-8-9-17(27-16)20(26)22-18-14(23-10-1-2-11-23)6-5-7-15(18)24-12-3-4-13-24/h5-9H,1-4,10-13H2,(H2,21,25)(H,22,26). The Morgan fingerprint density at radius 1 is 0.852 bits per heavy atom. The van der Waals surface area contributed by atoms with Gasteiger partial charge in [0.2, 0.25) is 0 Å². The second-order valence-electron chi connectivity index (χ2n) is 7.04. The summed E-state index contributed by atoms with van der Waals surface area (Å²) in [6.07, 6.45) is 4.70. The molecule has 1 aromatic carbocycles. The molecule has 3 N–H and O–H groups in total. The minimum absolute atomic E-state index is 0.195. The summed E-state index contributed by atoms with van der Waals surface area (Å²) in [7, 11) is 0. The third-order valence-corrected chi connectivity index (χ3v) is 6.32. The molecule has 2 saturated heterocycles. The zero-order valence-corrected chi connectivity index (χ0v) is 16.1. The maximum Gasteiger partial charge on any atom is 0.265 e. The van der Waals surface area contributed by atoms with Gasteiger partial charge in [0, 0.05) is 26.2 Å². The van der Waals surface area contributed by atoms with Crippen molar-refractivity contribution in [2.45, 2.75) is 25.7 Å². The molecule has 0 atom stereocenters. The van der Waals surface area contributed by atoms with Crippen molar-refractivity contribution >= 4 is 40.2 Å². The molecule has 2 aromatic rings. The molecule has 0 saturated carbocycles. The number of nitrogens with zero attached hydrogens (tertiary/aromatic N) is 2. The molecule has 7 heteroatoms. The maximum absolute atomic E-state index is 12.9. The fourth-order valence-corrected chi connectivity index (χ4v) is 4.62. The summed E-state index contributed by atoms with van der Waals surface area (Å²) in [6.45, 7) is 4.04. The first kappa shape index (κ1) is 17.9. The number of rotatable bonds is 5. The Hall–Kier alpha value is -2.54. The summed E-state index contributed by atoms with van der Waals surface area (Å²) in [5.41, 5.74) is 8.36. The number of carbonyl (C=O) groups is 2. The van der Waals surface area contributed by atoms with E-state index in [0.717, 1.165) is 54.6 Å². The zero-order valence-electron chi connectivity index (χ0n) is 15.2. The molecule has 0 radical (unpaired) electrons. The highest BCUT2D eigenvalue weighted by atomic mass is 32.1. The van der Waals surface area contributed by atoms with Crippen molar-refractivity contribution in [2.24, 2.45) is 5.73 Å². The van der Waals surface area contributed by atoms with Gasteiger partial charge in [-0.05, 0) is 49.9 Å². The van der Waals surface area contributed by atoms with Crippen LogP contribution in [0.2, 0.25) is 0 Å². The van der Waals surface area contributed by atoms with Crippen LogP contribution in [-0.2, 0) is 0 Å². The third kappa shape index (κ3) is 3.64. The first-order valence-corrected chi connectivity index (χ1v) is 10.3. The molecule has 1 aromatic heterocycles. The minimum atomic E-state index is -0.505. The van der Waals surface area contributed by atoms with E-state index in [1.807, 2.05) is 0 Å². The van der Waals surface area contributed by atoms with Gasteiger partial charge in [0.25, 0.3) is 11.8 Å². The second-order valence-corrected chi connectivity index (χ2v) is 8.13. The molecule has 0 spiro atoms. The molecule has 2 fully saturated rings. The van der Waals surface area contributed by atoms with E-state index in [-0.39, 0.29) is 5.91 Å². The van der Waals surface area contributed by atoms with Gasteiger partial charge in [-0.15, -0.1) is 11.3 Å². The number of para-hydroxylation sites is 1. The summed E-state index contributed by atoms with van der Waals surface area (Å²) >= 11 is 1.13. The molecular formula is C20H24N4O2S. The van der Waals surface area contributed by atoms with E-state index >= 15 is 0 Å². The molecule has 2 aliphatic rings. The summed E-state index contributed by atoms with van der Waals surface area (Å²) in [6, 6.07) is 9.52. The van der Waals surface area contributed by atoms with Gasteiger partial charge >= 0.3 is 0 Å². The molecule has 0 bridgehead atoms. The molecule has 2 aliphatic heterocycles. The summed E-state index contributed by atoms with van der Waals surface area (Å²) in [4.78, 5) is 29.8. The van der Waals surface area contributed by atoms with Crippen LogP contribution in [0.3, 0.4) is 0 Å². The molecule has 27 heavy (non-hydrogen) atoms. The van der Waals surface area contributed by atoms with Crippen molar-refractivity contribution in [1.29, 1.82) is 0 Å². The minimum Gasteiger partial charge on any atom is -0.370 e. The Balaban J connectivity index is 1.67. The van der Waals surface area contributed by atoms with Crippen molar-refractivity contribution < 1.29 is 9.59 Å². The van der Waals surface area contributed by atoms with Crippen LogP contribution in [-0.4, -0.2) is 38.0 Å². The van der Waals surface area contributed by atoms with Crippen molar-refractivity contribution in [3.05, 3.63) is 40.1 Å². The average molecular weight is 385 g/mol. The normalized spacial score (nSPS) is 16.7. The van der Waals surface area contributed by atoms with Gasteiger partial charge in [-0.3, -0.25) is 9.59 Å². The molecule has 0 aliphatic carbocycles. The van der Waals surface area contributed by atoms with E-state index < -0.39 is 5.91 Å². The number of amides is 2. The van der Waals surface area contributed by atoms with Crippen LogP contribution in [0.1, 0.15) is 45.0 Å². The van der Waals surface area contributed by atoms with Gasteiger partial charge in [0.1, 0.15) is 0 Å². The number of nitrogens with two attached hydrogens (primary N) is 1. The van der Waals surface area contributed by atoms with Crippen molar-refractivity contribution in [1.82, 2.24) is 0 Å². The molecule has 0 unspecified atom stereocenters. The summed E-state index contributed by atoms with van der Waals surface area (Å²) < 4.78 is 0. The lowest BCUT2D eigenvalue weighted by atomic mass is 10.2. The smallest absolute Gasteiger partial charge is 0.265 e. The lowest BCUT2D eigenvalue weighted by molar-refractivity contribution is 0.100. The average Bonchev–Trinajstić information content (AvgIpc) is 3.43. The van der Waals surface area contributed by atoms with Crippen LogP contribution >= 0.6 is 11.3 Å². The van der Waals surface area contributed by atoms with Gasteiger partial charge in [0.05, 0.1) is 26.8 Å². The van der Waals surface area contributed by atoms with Crippen LogP contribution in [0, 0.1) is 0 Å². The number of hydrogen-bond donors (Lipinski definition) is 2. The van der Waals surface area contributed by atoms with Crippen LogP contribution in [0.15, 0.2) is 30.3 Å². The highest BCUT2D eigenvalue weighted by Gasteiger charge is 2.24. The van der Waals surface area contributed by atoms with E-state index in [4.69, 9.17) is 5.73 Å². The van der Waals surface area contributed by atoms with Crippen molar-refractivity contribution in [2.75, 3.05) is 41.3 Å². The Kier molecular flexibility index (Phi) is 5.03. The molecular weight excluding hydrogens is 360 g/mol. The first-order chi connectivity index (χ1) is 13.1. The Labute approximate surface area is 162 Å². The Morgan fingerprint density at radius 3 is 1.85 bits per heavy atom. The molecule has 3 heterocycles. The lowest BCUT2D eigenvalue weighted by Gasteiger charge is -2.27. The number of benzene rings is 1. The van der Waals surface area contributed by atoms with Gasteiger partial charge in [-0.1, -0.05) is 6.07 Å². The van der Waals surface area contributed by atoms with Crippen LogP contribution in [0.25, 0.3) is 0 Å². The molecule has 6 nitrogen and oxygen atoms in total. The van der Waals surface area contributed by atoms with Gasteiger partial charge in [-0.25, -0.2) is 0 Å². The molecule has 4 rings (SSSR count). The molecule has 142 valence electrons. The predicted molar refractivity (Wildman–Crippen MR) is 110 cm³/mol. The quantitative estimate of drug-likeness (QED) is 0.829. The van der Waals surface area contributed by atoms with Gasteiger partial charge in [0.15, 0.2) is 0 Å². The van der Waals surface area contributed by atoms with E-state index in [1.165, 1.54) is 25.7 Å². The Morgan fingerprint density at radius 2 is 1.37 bits per heavy atom. The van der Waals surface area contributed by atoms with Crippen LogP contribution in [0.5, 0.6) is 0 Å². The van der Waals surface area contributed by atoms with E-state index in [9.17, 15) is 9.59 Å². The highest BCUT2D eigenvalue weighted by Crippen LogP contribution is 2.39. The molecule has 2 amide bonds. The highest BCUT2D eigenvalue weighted by molar-refractivity contribution is 7.16. The number of hydrogen-bond acceptors (Lipinski definition) is 5. The second kappa shape index (κ2) is 7.60. The number of anilines is 3. The van der Waals surface area contributed by atoms with Crippen molar-refractivity contribution in [3.63, 3.8) is 0 Å². The largest absolute Gasteiger partial charge is 0.370 e. The first-order valence-electron chi connectivity index (χ1n) is 9.47. The predicted octanol–water partition coefficient (Wildman–Crippen LogP) is 3.30. The number of carbonyl (C=O) groups excluding carboxylic acids is 2. The van der Waals surface area contributed by atoms with E-state index in [1.54, 1.807) is 12.1 Å². The van der Waals surface area contributed by atoms with E-state index in [2.05, 4.69) is 33.3 Å². The topological polar surface area (TPSA) is 78.7 Å².